The largest absolute Gasteiger partial charge is 0.490 e. The van der Waals surface area contributed by atoms with Gasteiger partial charge in [-0.05, 0) is 60.5 Å². The van der Waals surface area contributed by atoms with Crippen LogP contribution in [0.1, 0.15) is 28.4 Å². The van der Waals surface area contributed by atoms with E-state index in [1.165, 1.54) is 6.21 Å². The smallest absolute Gasteiger partial charge is 0.273 e. The Labute approximate surface area is 183 Å². The molecule has 0 aromatic heterocycles. The van der Waals surface area contributed by atoms with Crippen LogP contribution in [0.3, 0.4) is 0 Å². The molecule has 0 spiro atoms. The summed E-state index contributed by atoms with van der Waals surface area (Å²) in [5.41, 5.74) is 10.9. The van der Waals surface area contributed by atoms with Gasteiger partial charge in [-0.3, -0.25) is 4.79 Å². The van der Waals surface area contributed by atoms with Crippen molar-refractivity contribution in [3.05, 3.63) is 87.9 Å². The highest BCUT2D eigenvalue weighted by Crippen LogP contribution is 2.29. The molecule has 0 saturated carbocycles. The second-order valence-corrected chi connectivity index (χ2v) is 7.26. The van der Waals surface area contributed by atoms with Gasteiger partial charge < -0.3 is 15.2 Å². The van der Waals surface area contributed by atoms with E-state index in [1.807, 2.05) is 49.4 Å². The van der Waals surface area contributed by atoms with Gasteiger partial charge in [0.15, 0.2) is 11.5 Å². The highest BCUT2D eigenvalue weighted by atomic mass is 79.9. The summed E-state index contributed by atoms with van der Waals surface area (Å²) in [4.78, 5) is 12.2. The van der Waals surface area contributed by atoms with Gasteiger partial charge in [-0.1, -0.05) is 40.2 Å². The van der Waals surface area contributed by atoms with E-state index in [2.05, 4.69) is 26.5 Å². The molecule has 0 aliphatic heterocycles. The van der Waals surface area contributed by atoms with Gasteiger partial charge in [0.1, 0.15) is 6.61 Å². The van der Waals surface area contributed by atoms with Crippen molar-refractivity contribution < 1.29 is 14.3 Å². The number of benzene rings is 3. The van der Waals surface area contributed by atoms with Gasteiger partial charge in [-0.25, -0.2) is 5.43 Å². The van der Waals surface area contributed by atoms with Gasteiger partial charge in [-0.2, -0.15) is 5.10 Å². The van der Waals surface area contributed by atoms with E-state index in [4.69, 9.17) is 15.2 Å². The van der Waals surface area contributed by atoms with Crippen molar-refractivity contribution in [1.29, 1.82) is 0 Å². The number of hydrazone groups is 1. The molecule has 30 heavy (non-hydrogen) atoms. The summed E-state index contributed by atoms with van der Waals surface area (Å²) < 4.78 is 12.6. The Bertz CT molecular complexity index is 1040. The van der Waals surface area contributed by atoms with Crippen LogP contribution in [0.4, 0.5) is 5.69 Å². The molecule has 0 aliphatic rings. The molecule has 3 N–H and O–H groups in total. The van der Waals surface area contributed by atoms with Crippen LogP contribution in [0.25, 0.3) is 0 Å². The average molecular weight is 468 g/mol. The van der Waals surface area contributed by atoms with Gasteiger partial charge in [0.05, 0.1) is 18.4 Å². The molecule has 3 rings (SSSR count). The molecule has 6 nitrogen and oxygen atoms in total. The number of ether oxygens (including phenoxy) is 2. The van der Waals surface area contributed by atoms with Gasteiger partial charge in [0, 0.05) is 10.2 Å². The molecule has 0 aliphatic carbocycles. The van der Waals surface area contributed by atoms with Gasteiger partial charge >= 0.3 is 0 Å². The maximum atomic E-state index is 12.2. The maximum Gasteiger partial charge on any atom is 0.273 e. The standard InChI is InChI=1S/C23H22BrN3O3/c1-2-29-22-13-17(14-26-27-23(28)19-5-3-4-6-20(19)25)9-12-21(22)30-15-16-7-10-18(24)11-8-16/h3-14H,2,15,25H2,1H3,(H,27,28)/b26-14-. The lowest BCUT2D eigenvalue weighted by atomic mass is 10.2. The molecule has 0 unspecified atom stereocenters. The lowest BCUT2D eigenvalue weighted by Gasteiger charge is -2.12. The lowest BCUT2D eigenvalue weighted by molar-refractivity contribution is 0.0956. The molecule has 3 aromatic carbocycles. The summed E-state index contributed by atoms with van der Waals surface area (Å²) in [7, 11) is 0. The molecular weight excluding hydrogens is 446 g/mol. The maximum absolute atomic E-state index is 12.2. The van der Waals surface area contributed by atoms with E-state index in [1.54, 1.807) is 24.3 Å². The molecule has 7 heteroatoms. The lowest BCUT2D eigenvalue weighted by Crippen LogP contribution is -2.19. The Morgan fingerprint density at radius 3 is 2.57 bits per heavy atom. The number of carbonyl (C=O) groups excluding carboxylic acids is 1. The van der Waals surface area contributed by atoms with E-state index in [-0.39, 0.29) is 5.91 Å². The van der Waals surface area contributed by atoms with E-state index < -0.39 is 0 Å². The first-order chi connectivity index (χ1) is 14.6. The average Bonchev–Trinajstić information content (AvgIpc) is 2.75. The number of hydrogen-bond donors (Lipinski definition) is 2. The fourth-order valence-corrected chi connectivity index (χ4v) is 2.93. The number of anilines is 1. The van der Waals surface area contributed by atoms with E-state index >= 15 is 0 Å². The predicted octanol–water partition coefficient (Wildman–Crippen LogP) is 4.77. The third-order valence-corrected chi connectivity index (χ3v) is 4.69. The van der Waals surface area contributed by atoms with Crippen LogP contribution in [0, 0.1) is 0 Å². The summed E-state index contributed by atoms with van der Waals surface area (Å²) in [5, 5.41) is 4.01. The highest BCUT2D eigenvalue weighted by Gasteiger charge is 2.08. The fraction of sp³-hybridized carbons (Fsp3) is 0.130. The monoisotopic (exact) mass is 467 g/mol. The minimum Gasteiger partial charge on any atom is -0.490 e. The number of carbonyl (C=O) groups is 1. The predicted molar refractivity (Wildman–Crippen MR) is 122 cm³/mol. The summed E-state index contributed by atoms with van der Waals surface area (Å²) >= 11 is 3.42. The first-order valence-corrected chi connectivity index (χ1v) is 10.2. The van der Waals surface area contributed by atoms with Crippen LogP contribution >= 0.6 is 15.9 Å². The first-order valence-electron chi connectivity index (χ1n) is 9.39. The normalized spacial score (nSPS) is 10.7. The third kappa shape index (κ3) is 5.84. The van der Waals surface area contributed by atoms with Crippen LogP contribution in [-0.4, -0.2) is 18.7 Å². The quantitative estimate of drug-likeness (QED) is 0.283. The van der Waals surface area contributed by atoms with E-state index in [0.717, 1.165) is 15.6 Å². The second-order valence-electron chi connectivity index (χ2n) is 6.34. The number of nitrogen functional groups attached to an aromatic ring is 1. The topological polar surface area (TPSA) is 85.9 Å². The Hall–Kier alpha value is -3.32. The zero-order valence-electron chi connectivity index (χ0n) is 16.5. The van der Waals surface area contributed by atoms with Crippen molar-refractivity contribution >= 4 is 33.7 Å². The first kappa shape index (κ1) is 21.4. The van der Waals surface area contributed by atoms with Crippen molar-refractivity contribution in [2.24, 2.45) is 5.10 Å². The SMILES string of the molecule is CCOc1cc(/C=N\NC(=O)c2ccccc2N)ccc1OCc1ccc(Br)cc1. The third-order valence-electron chi connectivity index (χ3n) is 4.16. The zero-order chi connectivity index (χ0) is 21.3. The minimum absolute atomic E-state index is 0.371. The number of rotatable bonds is 8. The molecule has 0 heterocycles. The number of nitrogens with zero attached hydrogens (tertiary/aromatic N) is 1. The van der Waals surface area contributed by atoms with Crippen LogP contribution in [0.2, 0.25) is 0 Å². The van der Waals surface area contributed by atoms with Crippen LogP contribution < -0.4 is 20.6 Å². The Kier molecular flexibility index (Phi) is 7.45. The zero-order valence-corrected chi connectivity index (χ0v) is 18.1. The molecule has 0 saturated heterocycles. The number of nitrogens with one attached hydrogen (secondary N) is 1. The van der Waals surface area contributed by atoms with Gasteiger partial charge in [-0.15, -0.1) is 0 Å². The van der Waals surface area contributed by atoms with Crippen LogP contribution in [0.15, 0.2) is 76.3 Å². The molecule has 0 bridgehead atoms. The van der Waals surface area contributed by atoms with Crippen molar-refractivity contribution in [2.75, 3.05) is 12.3 Å². The number of nitrogens with two attached hydrogens (primary N) is 1. The van der Waals surface area contributed by atoms with Crippen molar-refractivity contribution in [3.8, 4) is 11.5 Å². The number of para-hydroxylation sites is 1. The highest BCUT2D eigenvalue weighted by molar-refractivity contribution is 9.10. The molecular formula is C23H22BrN3O3. The summed E-state index contributed by atoms with van der Waals surface area (Å²) in [6.07, 6.45) is 1.54. The Balaban J connectivity index is 1.66. The van der Waals surface area contributed by atoms with Gasteiger partial charge in [0.2, 0.25) is 0 Å². The number of amides is 1. The van der Waals surface area contributed by atoms with E-state index in [9.17, 15) is 4.79 Å². The molecule has 154 valence electrons. The van der Waals surface area contributed by atoms with Crippen molar-refractivity contribution in [1.82, 2.24) is 5.43 Å². The molecule has 0 radical (unpaired) electrons. The Morgan fingerprint density at radius 1 is 1.07 bits per heavy atom. The van der Waals surface area contributed by atoms with E-state index in [0.29, 0.717) is 36.0 Å². The van der Waals surface area contributed by atoms with Crippen molar-refractivity contribution in [2.45, 2.75) is 13.5 Å². The Morgan fingerprint density at radius 2 is 1.83 bits per heavy atom. The van der Waals surface area contributed by atoms with Crippen LogP contribution in [-0.2, 0) is 6.61 Å². The molecule has 3 aromatic rings. The fourth-order valence-electron chi connectivity index (χ4n) is 2.66. The minimum atomic E-state index is -0.371. The molecule has 0 atom stereocenters. The number of halogens is 1. The molecule has 0 fully saturated rings. The van der Waals surface area contributed by atoms with Gasteiger partial charge in [0.25, 0.3) is 5.91 Å². The summed E-state index contributed by atoms with van der Waals surface area (Å²) in [5.74, 6) is 0.874. The second kappa shape index (κ2) is 10.5. The summed E-state index contributed by atoms with van der Waals surface area (Å²) in [6, 6.07) is 20.2. The molecule has 1 amide bonds. The summed E-state index contributed by atoms with van der Waals surface area (Å²) in [6.45, 7) is 2.83. The van der Waals surface area contributed by atoms with Crippen LogP contribution in [0.5, 0.6) is 11.5 Å². The number of hydrogen-bond acceptors (Lipinski definition) is 5. The van der Waals surface area contributed by atoms with Crippen molar-refractivity contribution in [3.63, 3.8) is 0 Å².